The Kier molecular flexibility index (Phi) is 4.68. The molecule has 4 rings (SSSR count). The number of nitrogens with one attached hydrogen (secondary N) is 1. The monoisotopic (exact) mass is 371 g/mol. The van der Waals surface area contributed by atoms with Crippen molar-refractivity contribution in [2.75, 3.05) is 0 Å². The molecule has 0 radical (unpaired) electrons. The van der Waals surface area contributed by atoms with Crippen molar-refractivity contribution >= 4 is 22.7 Å². The molecular formula is C22H17N3O3. The number of hydrogen-bond acceptors (Lipinski definition) is 5. The summed E-state index contributed by atoms with van der Waals surface area (Å²) in [4.78, 5) is 37.1. The van der Waals surface area contributed by atoms with Crippen LogP contribution in [0.4, 0.5) is 0 Å². The van der Waals surface area contributed by atoms with Gasteiger partial charge in [-0.1, -0.05) is 48.5 Å². The number of aryl methyl sites for hydroxylation is 1. The van der Waals surface area contributed by atoms with Crippen LogP contribution in [-0.2, 0) is 4.74 Å². The lowest BCUT2D eigenvalue weighted by Gasteiger charge is -2.17. The van der Waals surface area contributed by atoms with Crippen LogP contribution in [0.5, 0.6) is 0 Å². The van der Waals surface area contributed by atoms with E-state index in [2.05, 4.69) is 15.0 Å². The lowest BCUT2D eigenvalue weighted by atomic mass is 9.99. The molecule has 28 heavy (non-hydrogen) atoms. The van der Waals surface area contributed by atoms with E-state index in [1.807, 2.05) is 30.3 Å². The highest BCUT2D eigenvalue weighted by Crippen LogP contribution is 2.27. The fraction of sp³-hybridized carbons (Fsp3) is 0.0909. The predicted octanol–water partition coefficient (Wildman–Crippen LogP) is 4.05. The number of ether oxygens (including phenoxy) is 1. The number of H-pyrrole nitrogens is 1. The predicted molar refractivity (Wildman–Crippen MR) is 104 cm³/mol. The van der Waals surface area contributed by atoms with Crippen LogP contribution in [0.1, 0.15) is 38.3 Å². The standard InChI is InChI=1S/C22H17N3O3/c1-14-23-12-11-19(25-14)22(27)28-21(15-7-3-2-4-8-15)20(26)17-13-24-18-10-6-5-9-16(17)18/h2-13,21,24H,1H3. The summed E-state index contributed by atoms with van der Waals surface area (Å²) in [5, 5.41) is 0.780. The van der Waals surface area contributed by atoms with Crippen LogP contribution in [0, 0.1) is 6.92 Å². The van der Waals surface area contributed by atoms with Crippen molar-refractivity contribution in [3.8, 4) is 0 Å². The number of aromatic amines is 1. The number of hydrogen-bond donors (Lipinski definition) is 1. The number of ketones is 1. The minimum absolute atomic E-state index is 0.111. The largest absolute Gasteiger partial charge is 0.444 e. The molecule has 0 fully saturated rings. The summed E-state index contributed by atoms with van der Waals surface area (Å²) in [7, 11) is 0. The molecule has 2 aromatic carbocycles. The Morgan fingerprint density at radius 2 is 1.75 bits per heavy atom. The highest BCUT2D eigenvalue weighted by molar-refractivity contribution is 6.10. The van der Waals surface area contributed by atoms with Gasteiger partial charge < -0.3 is 9.72 Å². The fourth-order valence-electron chi connectivity index (χ4n) is 3.05. The third kappa shape index (κ3) is 3.40. The Hall–Kier alpha value is -3.80. The molecule has 0 spiro atoms. The summed E-state index contributed by atoms with van der Waals surface area (Å²) in [6, 6.07) is 17.9. The molecule has 0 amide bonds. The number of aromatic nitrogens is 3. The molecule has 0 aliphatic heterocycles. The molecule has 4 aromatic rings. The van der Waals surface area contributed by atoms with Crippen LogP contribution in [-0.4, -0.2) is 26.7 Å². The van der Waals surface area contributed by atoms with Gasteiger partial charge in [-0.15, -0.1) is 0 Å². The van der Waals surface area contributed by atoms with Crippen molar-refractivity contribution < 1.29 is 14.3 Å². The second-order valence-corrected chi connectivity index (χ2v) is 6.30. The summed E-state index contributed by atoms with van der Waals surface area (Å²) >= 11 is 0. The van der Waals surface area contributed by atoms with Crippen molar-refractivity contribution in [2.24, 2.45) is 0 Å². The maximum Gasteiger partial charge on any atom is 0.358 e. The Morgan fingerprint density at radius 1 is 1.00 bits per heavy atom. The molecule has 1 N–H and O–H groups in total. The van der Waals surface area contributed by atoms with E-state index in [0.717, 1.165) is 10.9 Å². The van der Waals surface area contributed by atoms with E-state index >= 15 is 0 Å². The van der Waals surface area contributed by atoms with Gasteiger partial charge in [0.15, 0.2) is 11.8 Å². The van der Waals surface area contributed by atoms with E-state index in [1.165, 1.54) is 12.3 Å². The van der Waals surface area contributed by atoms with Crippen LogP contribution in [0.3, 0.4) is 0 Å². The number of benzene rings is 2. The molecule has 0 bridgehead atoms. The van der Waals surface area contributed by atoms with Gasteiger partial charge in [0.25, 0.3) is 0 Å². The summed E-state index contributed by atoms with van der Waals surface area (Å²) in [5.41, 5.74) is 2.02. The van der Waals surface area contributed by atoms with E-state index in [4.69, 9.17) is 4.74 Å². The number of nitrogens with zero attached hydrogens (tertiary/aromatic N) is 2. The van der Waals surface area contributed by atoms with Crippen LogP contribution in [0.25, 0.3) is 10.9 Å². The van der Waals surface area contributed by atoms with Gasteiger partial charge in [0.05, 0.1) is 0 Å². The number of carbonyl (C=O) groups excluding carboxylic acids is 2. The molecule has 1 atom stereocenters. The number of para-hydroxylation sites is 1. The number of fused-ring (bicyclic) bond motifs is 1. The zero-order valence-corrected chi connectivity index (χ0v) is 15.1. The highest BCUT2D eigenvalue weighted by Gasteiger charge is 2.29. The molecule has 2 heterocycles. The third-order valence-corrected chi connectivity index (χ3v) is 4.41. The SMILES string of the molecule is Cc1nccc(C(=O)OC(C(=O)c2c[nH]c3ccccc23)c2ccccc2)n1. The van der Waals surface area contributed by atoms with E-state index in [1.54, 1.807) is 37.4 Å². The van der Waals surface area contributed by atoms with Gasteiger partial charge in [0.1, 0.15) is 5.82 Å². The first-order chi connectivity index (χ1) is 13.6. The molecule has 6 nitrogen and oxygen atoms in total. The Labute approximate surface area is 161 Å². The zero-order chi connectivity index (χ0) is 19.5. The Morgan fingerprint density at radius 3 is 2.54 bits per heavy atom. The first kappa shape index (κ1) is 17.6. The maximum absolute atomic E-state index is 13.3. The molecule has 0 saturated heterocycles. The summed E-state index contributed by atoms with van der Waals surface area (Å²) in [6.45, 7) is 1.68. The minimum Gasteiger partial charge on any atom is -0.444 e. The topological polar surface area (TPSA) is 84.9 Å². The van der Waals surface area contributed by atoms with Gasteiger partial charge >= 0.3 is 5.97 Å². The van der Waals surface area contributed by atoms with Gasteiger partial charge in [-0.25, -0.2) is 14.8 Å². The van der Waals surface area contributed by atoms with E-state index < -0.39 is 12.1 Å². The summed E-state index contributed by atoms with van der Waals surface area (Å²) in [5.74, 6) is -0.524. The van der Waals surface area contributed by atoms with Crippen LogP contribution in [0.15, 0.2) is 73.1 Å². The molecule has 2 aromatic heterocycles. The first-order valence-electron chi connectivity index (χ1n) is 8.79. The van der Waals surface area contributed by atoms with E-state index in [9.17, 15) is 9.59 Å². The second kappa shape index (κ2) is 7.44. The van der Waals surface area contributed by atoms with Gasteiger partial charge in [-0.05, 0) is 19.1 Å². The number of rotatable bonds is 5. The summed E-state index contributed by atoms with van der Waals surface area (Å²) < 4.78 is 5.62. The normalized spacial score (nSPS) is 11.9. The quantitative estimate of drug-likeness (QED) is 0.423. The van der Waals surface area contributed by atoms with Gasteiger partial charge in [-0.3, -0.25) is 4.79 Å². The van der Waals surface area contributed by atoms with Crippen molar-refractivity contribution in [2.45, 2.75) is 13.0 Å². The van der Waals surface area contributed by atoms with Crippen molar-refractivity contribution in [1.29, 1.82) is 0 Å². The maximum atomic E-state index is 13.3. The average molecular weight is 371 g/mol. The molecule has 6 heteroatoms. The molecular weight excluding hydrogens is 354 g/mol. The Bertz CT molecular complexity index is 1150. The van der Waals surface area contributed by atoms with E-state index in [-0.39, 0.29) is 11.5 Å². The molecule has 138 valence electrons. The fourth-order valence-corrected chi connectivity index (χ4v) is 3.05. The number of esters is 1. The van der Waals surface area contributed by atoms with Gasteiger partial charge in [0, 0.05) is 34.4 Å². The first-order valence-corrected chi connectivity index (χ1v) is 8.79. The molecule has 0 aliphatic carbocycles. The van der Waals surface area contributed by atoms with Crippen molar-refractivity contribution in [3.05, 3.63) is 95.7 Å². The Balaban J connectivity index is 1.72. The second-order valence-electron chi connectivity index (χ2n) is 6.30. The van der Waals surface area contributed by atoms with Crippen molar-refractivity contribution in [1.82, 2.24) is 15.0 Å². The number of carbonyl (C=O) groups is 2. The van der Waals surface area contributed by atoms with Crippen LogP contribution >= 0.6 is 0 Å². The third-order valence-electron chi connectivity index (χ3n) is 4.41. The molecule has 1 unspecified atom stereocenters. The number of Topliss-reactive ketones (excluding diaryl/α,β-unsaturated/α-hetero) is 1. The lowest BCUT2D eigenvalue weighted by molar-refractivity contribution is 0.0274. The zero-order valence-electron chi connectivity index (χ0n) is 15.1. The lowest BCUT2D eigenvalue weighted by Crippen LogP contribution is -2.21. The van der Waals surface area contributed by atoms with Gasteiger partial charge in [0.2, 0.25) is 5.78 Å². The average Bonchev–Trinajstić information content (AvgIpc) is 3.16. The van der Waals surface area contributed by atoms with Crippen LogP contribution < -0.4 is 0 Å². The van der Waals surface area contributed by atoms with Crippen LogP contribution in [0.2, 0.25) is 0 Å². The molecule has 0 saturated carbocycles. The summed E-state index contributed by atoms with van der Waals surface area (Å²) in [6.07, 6.45) is 2.05. The highest BCUT2D eigenvalue weighted by atomic mass is 16.5. The van der Waals surface area contributed by atoms with Gasteiger partial charge in [-0.2, -0.15) is 0 Å². The van der Waals surface area contributed by atoms with Crippen molar-refractivity contribution in [3.63, 3.8) is 0 Å². The molecule has 0 aliphatic rings. The smallest absolute Gasteiger partial charge is 0.358 e. The van der Waals surface area contributed by atoms with E-state index in [0.29, 0.717) is 17.0 Å². The minimum atomic E-state index is -1.08.